The summed E-state index contributed by atoms with van der Waals surface area (Å²) in [4.78, 5) is 10.5. The van der Waals surface area contributed by atoms with Gasteiger partial charge in [-0.2, -0.15) is 0 Å². The normalized spacial score (nSPS) is 9.85. The molecule has 0 saturated carbocycles. The fraction of sp³-hybridized carbons (Fsp3) is 0.222. The summed E-state index contributed by atoms with van der Waals surface area (Å²) in [7, 11) is 0. The van der Waals surface area contributed by atoms with E-state index >= 15 is 0 Å². The summed E-state index contributed by atoms with van der Waals surface area (Å²) >= 11 is 8.46. The number of benzene rings is 1. The van der Waals surface area contributed by atoms with Gasteiger partial charge in [0, 0.05) is 16.1 Å². The van der Waals surface area contributed by atoms with Crippen molar-refractivity contribution in [1.29, 1.82) is 0 Å². The van der Waals surface area contributed by atoms with Crippen molar-refractivity contribution in [3.8, 4) is 5.75 Å². The number of hydrogen-bond acceptors (Lipinski definition) is 2. The van der Waals surface area contributed by atoms with Gasteiger partial charge in [0.1, 0.15) is 5.75 Å². The SMILES string of the molecule is Cc1cc(Br)cc(C)c1OC(=O)Cl. The van der Waals surface area contributed by atoms with Gasteiger partial charge in [0.2, 0.25) is 0 Å². The van der Waals surface area contributed by atoms with Crippen LogP contribution in [0, 0.1) is 13.8 Å². The summed E-state index contributed by atoms with van der Waals surface area (Å²) < 4.78 is 5.79. The molecule has 0 aliphatic rings. The number of halogens is 2. The smallest absolute Gasteiger partial charge is 0.409 e. The zero-order valence-corrected chi connectivity index (χ0v) is 9.57. The van der Waals surface area contributed by atoms with E-state index in [1.165, 1.54) is 0 Å². The molecule has 1 rings (SSSR count). The fourth-order valence-electron chi connectivity index (χ4n) is 1.14. The molecule has 0 fully saturated rings. The average Bonchev–Trinajstić information content (AvgIpc) is 1.96. The van der Waals surface area contributed by atoms with Gasteiger partial charge in [-0.05, 0) is 37.1 Å². The van der Waals surface area contributed by atoms with Crippen molar-refractivity contribution in [3.63, 3.8) is 0 Å². The van der Waals surface area contributed by atoms with Crippen LogP contribution in [0.5, 0.6) is 5.75 Å². The van der Waals surface area contributed by atoms with Crippen molar-refractivity contribution in [1.82, 2.24) is 0 Å². The molecule has 0 aliphatic carbocycles. The Hall–Kier alpha value is -0.540. The lowest BCUT2D eigenvalue weighted by atomic mass is 10.1. The molecule has 0 N–H and O–H groups in total. The van der Waals surface area contributed by atoms with Crippen LogP contribution in [0.1, 0.15) is 11.1 Å². The van der Waals surface area contributed by atoms with Crippen molar-refractivity contribution >= 4 is 33.0 Å². The third-order valence-corrected chi connectivity index (χ3v) is 2.14. The van der Waals surface area contributed by atoms with E-state index < -0.39 is 5.43 Å². The van der Waals surface area contributed by atoms with Crippen molar-refractivity contribution in [2.75, 3.05) is 0 Å². The minimum Gasteiger partial charge on any atom is -0.414 e. The summed E-state index contributed by atoms with van der Waals surface area (Å²) in [6.07, 6.45) is 0. The third kappa shape index (κ3) is 2.71. The van der Waals surface area contributed by atoms with Crippen LogP contribution in [0.25, 0.3) is 0 Å². The van der Waals surface area contributed by atoms with Crippen molar-refractivity contribution < 1.29 is 9.53 Å². The maximum absolute atomic E-state index is 10.5. The van der Waals surface area contributed by atoms with Crippen LogP contribution < -0.4 is 4.74 Å². The van der Waals surface area contributed by atoms with Crippen LogP contribution in [0.4, 0.5) is 4.79 Å². The molecule has 0 aliphatic heterocycles. The first-order valence-corrected chi connectivity index (χ1v) is 4.82. The van der Waals surface area contributed by atoms with Crippen LogP contribution in [0.2, 0.25) is 0 Å². The van der Waals surface area contributed by atoms with Gasteiger partial charge >= 0.3 is 5.43 Å². The Morgan fingerprint density at radius 3 is 2.23 bits per heavy atom. The average molecular weight is 264 g/mol. The zero-order valence-electron chi connectivity index (χ0n) is 7.23. The van der Waals surface area contributed by atoms with Gasteiger partial charge in [-0.3, -0.25) is 0 Å². The zero-order chi connectivity index (χ0) is 10.0. The second-order valence-electron chi connectivity index (χ2n) is 2.71. The first-order valence-electron chi connectivity index (χ1n) is 3.65. The predicted molar refractivity (Wildman–Crippen MR) is 55.5 cm³/mol. The molecular formula is C9H8BrClO2. The second kappa shape index (κ2) is 4.11. The molecule has 13 heavy (non-hydrogen) atoms. The molecule has 1 aromatic rings. The Labute approximate surface area is 90.0 Å². The fourth-order valence-corrected chi connectivity index (χ4v) is 1.90. The van der Waals surface area contributed by atoms with Crippen LogP contribution in [-0.2, 0) is 0 Å². The van der Waals surface area contributed by atoms with Gasteiger partial charge in [0.05, 0.1) is 0 Å². The molecule has 0 aromatic heterocycles. The quantitative estimate of drug-likeness (QED) is 0.720. The van der Waals surface area contributed by atoms with E-state index in [0.29, 0.717) is 5.75 Å². The van der Waals surface area contributed by atoms with E-state index in [2.05, 4.69) is 15.9 Å². The lowest BCUT2D eigenvalue weighted by Crippen LogP contribution is -2.00. The number of hydrogen-bond donors (Lipinski definition) is 0. The highest BCUT2D eigenvalue weighted by molar-refractivity contribution is 9.10. The molecule has 0 saturated heterocycles. The number of rotatable bonds is 1. The molecule has 0 amide bonds. The van der Waals surface area contributed by atoms with Crippen molar-refractivity contribution in [3.05, 3.63) is 27.7 Å². The summed E-state index contributed by atoms with van der Waals surface area (Å²) in [6.45, 7) is 3.71. The summed E-state index contributed by atoms with van der Waals surface area (Å²) in [5.74, 6) is 0.531. The van der Waals surface area contributed by atoms with Crippen molar-refractivity contribution in [2.45, 2.75) is 13.8 Å². The molecule has 0 bridgehead atoms. The molecule has 0 heterocycles. The summed E-state index contributed by atoms with van der Waals surface area (Å²) in [5.41, 5.74) is 0.940. The number of carbonyl (C=O) groups is 1. The van der Waals surface area contributed by atoms with Crippen LogP contribution in [0.3, 0.4) is 0 Å². The second-order valence-corrected chi connectivity index (χ2v) is 3.93. The highest BCUT2D eigenvalue weighted by Gasteiger charge is 2.08. The van der Waals surface area contributed by atoms with E-state index in [9.17, 15) is 4.79 Å². The topological polar surface area (TPSA) is 26.3 Å². The molecule has 0 unspecified atom stereocenters. The minimum atomic E-state index is -0.812. The molecule has 0 radical (unpaired) electrons. The molecule has 0 spiro atoms. The van der Waals surface area contributed by atoms with Gasteiger partial charge in [-0.15, -0.1) is 0 Å². The van der Waals surface area contributed by atoms with Crippen molar-refractivity contribution in [2.24, 2.45) is 0 Å². The van der Waals surface area contributed by atoms with E-state index in [-0.39, 0.29) is 0 Å². The Morgan fingerprint density at radius 1 is 1.38 bits per heavy atom. The monoisotopic (exact) mass is 262 g/mol. The first kappa shape index (κ1) is 10.5. The Morgan fingerprint density at radius 2 is 1.85 bits per heavy atom. The Balaban J connectivity index is 3.13. The lowest BCUT2D eigenvalue weighted by Gasteiger charge is -2.08. The molecule has 1 aromatic carbocycles. The number of ether oxygens (including phenoxy) is 1. The van der Waals surface area contributed by atoms with Gasteiger partial charge in [-0.25, -0.2) is 4.79 Å². The van der Waals surface area contributed by atoms with E-state index in [1.54, 1.807) is 0 Å². The van der Waals surface area contributed by atoms with Crippen LogP contribution in [0.15, 0.2) is 16.6 Å². The molecule has 4 heteroatoms. The van der Waals surface area contributed by atoms with Gasteiger partial charge < -0.3 is 4.74 Å². The number of carbonyl (C=O) groups excluding carboxylic acids is 1. The van der Waals surface area contributed by atoms with Crippen LogP contribution >= 0.6 is 27.5 Å². The minimum absolute atomic E-state index is 0.531. The number of aryl methyl sites for hydroxylation is 2. The van der Waals surface area contributed by atoms with Gasteiger partial charge in [-0.1, -0.05) is 15.9 Å². The van der Waals surface area contributed by atoms with Gasteiger partial charge in [0.25, 0.3) is 0 Å². The Bertz CT molecular complexity index is 326. The molecular weight excluding hydrogens is 255 g/mol. The van der Waals surface area contributed by atoms with Crippen LogP contribution in [-0.4, -0.2) is 5.43 Å². The largest absolute Gasteiger partial charge is 0.414 e. The maximum Gasteiger partial charge on any atom is 0.409 e. The predicted octanol–water partition coefficient (Wildman–Crippen LogP) is 3.80. The highest BCUT2D eigenvalue weighted by atomic mass is 79.9. The Kier molecular flexibility index (Phi) is 3.33. The molecule has 70 valence electrons. The molecule has 0 atom stereocenters. The molecule has 2 nitrogen and oxygen atoms in total. The first-order chi connectivity index (χ1) is 6.00. The van der Waals surface area contributed by atoms with E-state index in [4.69, 9.17) is 16.3 Å². The third-order valence-electron chi connectivity index (χ3n) is 1.61. The summed E-state index contributed by atoms with van der Waals surface area (Å²) in [5, 5.41) is 0. The standard InChI is InChI=1S/C9H8BrClO2/c1-5-3-7(10)4-6(2)8(5)13-9(11)12/h3-4H,1-2H3. The maximum atomic E-state index is 10.5. The highest BCUT2D eigenvalue weighted by Crippen LogP contribution is 2.27. The summed E-state index contributed by atoms with van der Waals surface area (Å²) in [6, 6.07) is 3.73. The van der Waals surface area contributed by atoms with E-state index in [1.807, 2.05) is 26.0 Å². The van der Waals surface area contributed by atoms with E-state index in [0.717, 1.165) is 15.6 Å². The van der Waals surface area contributed by atoms with Gasteiger partial charge in [0.15, 0.2) is 0 Å². The lowest BCUT2D eigenvalue weighted by molar-refractivity contribution is 0.225.